The minimum absolute atomic E-state index is 0.00838. The zero-order valence-corrected chi connectivity index (χ0v) is 9.69. The van der Waals surface area contributed by atoms with Crippen LogP contribution in [0.3, 0.4) is 0 Å². The van der Waals surface area contributed by atoms with E-state index >= 15 is 0 Å². The van der Waals surface area contributed by atoms with Crippen LogP contribution in [0.2, 0.25) is 0 Å². The van der Waals surface area contributed by atoms with Gasteiger partial charge in [0.2, 0.25) is 0 Å². The van der Waals surface area contributed by atoms with Crippen LogP contribution in [0.25, 0.3) is 0 Å². The molecule has 0 aliphatic carbocycles. The first-order chi connectivity index (χ1) is 7.99. The van der Waals surface area contributed by atoms with E-state index in [1.54, 1.807) is 19.9 Å². The quantitative estimate of drug-likeness (QED) is 0.769. The van der Waals surface area contributed by atoms with Gasteiger partial charge in [-0.15, -0.1) is 0 Å². The van der Waals surface area contributed by atoms with Crippen LogP contribution in [0.1, 0.15) is 31.8 Å². The maximum absolute atomic E-state index is 11.6. The second kappa shape index (κ2) is 5.45. The van der Waals surface area contributed by atoms with Crippen molar-refractivity contribution in [2.75, 3.05) is 13.2 Å². The zero-order chi connectivity index (χ0) is 13.0. The van der Waals surface area contributed by atoms with Crippen molar-refractivity contribution in [3.05, 3.63) is 34.4 Å². The van der Waals surface area contributed by atoms with Crippen LogP contribution in [0.15, 0.2) is 12.1 Å². The fourth-order valence-electron chi connectivity index (χ4n) is 1.48. The Morgan fingerprint density at radius 1 is 1.29 bits per heavy atom. The smallest absolute Gasteiger partial charge is 0.339 e. The molecule has 0 aliphatic heterocycles. The number of benzene rings is 1. The van der Waals surface area contributed by atoms with E-state index < -0.39 is 11.9 Å². The summed E-state index contributed by atoms with van der Waals surface area (Å²) in [7, 11) is 0. The van der Waals surface area contributed by atoms with Crippen LogP contribution in [0.5, 0.6) is 0 Å². The fraction of sp³-hybridized carbons (Fsp3) is 0.333. The van der Waals surface area contributed by atoms with Crippen molar-refractivity contribution < 1.29 is 24.5 Å². The van der Waals surface area contributed by atoms with Crippen molar-refractivity contribution in [3.8, 4) is 0 Å². The third-order valence-electron chi connectivity index (χ3n) is 2.49. The van der Waals surface area contributed by atoms with E-state index in [9.17, 15) is 9.59 Å². The number of esters is 1. The second-order valence-corrected chi connectivity index (χ2v) is 3.59. The predicted octanol–water partition coefficient (Wildman–Crippen LogP) is 1.15. The molecule has 0 bridgehead atoms. The number of carbonyl (C=O) groups is 2. The third-order valence-corrected chi connectivity index (χ3v) is 2.49. The maximum atomic E-state index is 11.6. The first-order valence-corrected chi connectivity index (χ1v) is 5.10. The number of carboxylic acids is 1. The summed E-state index contributed by atoms with van der Waals surface area (Å²) < 4.78 is 4.71. The van der Waals surface area contributed by atoms with Gasteiger partial charge in [-0.1, -0.05) is 6.07 Å². The summed E-state index contributed by atoms with van der Waals surface area (Å²) in [5, 5.41) is 17.6. The predicted molar refractivity (Wildman–Crippen MR) is 60.2 cm³/mol. The highest BCUT2D eigenvalue weighted by Gasteiger charge is 2.20. The summed E-state index contributed by atoms with van der Waals surface area (Å²) in [6.07, 6.45) is 0. The van der Waals surface area contributed by atoms with Gasteiger partial charge in [-0.05, 0) is 31.0 Å². The van der Waals surface area contributed by atoms with Crippen molar-refractivity contribution in [1.29, 1.82) is 0 Å². The maximum Gasteiger partial charge on any atom is 0.339 e. The Hall–Kier alpha value is -1.88. The second-order valence-electron chi connectivity index (χ2n) is 3.59. The molecule has 5 nitrogen and oxygen atoms in total. The van der Waals surface area contributed by atoms with Crippen molar-refractivity contribution in [1.82, 2.24) is 0 Å². The Bertz CT molecular complexity index is 450. The van der Waals surface area contributed by atoms with Gasteiger partial charge < -0.3 is 14.9 Å². The molecule has 0 heterocycles. The van der Waals surface area contributed by atoms with Crippen molar-refractivity contribution in [2.45, 2.75) is 13.8 Å². The molecule has 1 aromatic rings. The molecule has 1 rings (SSSR count). The monoisotopic (exact) mass is 238 g/mol. The van der Waals surface area contributed by atoms with E-state index in [4.69, 9.17) is 14.9 Å². The lowest BCUT2D eigenvalue weighted by Crippen LogP contribution is -2.15. The van der Waals surface area contributed by atoms with Gasteiger partial charge in [-0.3, -0.25) is 0 Å². The summed E-state index contributed by atoms with van der Waals surface area (Å²) >= 11 is 0. The van der Waals surface area contributed by atoms with Crippen molar-refractivity contribution >= 4 is 11.9 Å². The minimum atomic E-state index is -1.16. The van der Waals surface area contributed by atoms with E-state index in [2.05, 4.69) is 0 Å². The van der Waals surface area contributed by atoms with Crippen LogP contribution >= 0.6 is 0 Å². The lowest BCUT2D eigenvalue weighted by Gasteiger charge is -2.10. The molecule has 0 saturated carbocycles. The van der Waals surface area contributed by atoms with Gasteiger partial charge in [-0.25, -0.2) is 9.59 Å². The van der Waals surface area contributed by atoms with Gasteiger partial charge in [0.05, 0.1) is 17.7 Å². The largest absolute Gasteiger partial charge is 0.478 e. The molecular formula is C12H14O5. The number of ether oxygens (including phenoxy) is 1. The highest BCUT2D eigenvalue weighted by molar-refractivity contribution is 6.03. The number of carboxylic acid groups (broad SMARTS) is 1. The van der Waals surface area contributed by atoms with Gasteiger partial charge >= 0.3 is 11.9 Å². The molecule has 2 N–H and O–H groups in total. The summed E-state index contributed by atoms with van der Waals surface area (Å²) in [6, 6.07) is 3.09. The Kier molecular flexibility index (Phi) is 4.23. The number of hydrogen-bond donors (Lipinski definition) is 2. The van der Waals surface area contributed by atoms with Crippen LogP contribution in [0.4, 0.5) is 0 Å². The van der Waals surface area contributed by atoms with Gasteiger partial charge in [-0.2, -0.15) is 0 Å². The SMILES string of the molecule is Cc1ccc(C(=O)OCCO)c(C(=O)O)c1C. The molecular weight excluding hydrogens is 224 g/mol. The van der Waals surface area contributed by atoms with Crippen molar-refractivity contribution in [3.63, 3.8) is 0 Å². The number of aromatic carboxylic acids is 1. The average molecular weight is 238 g/mol. The van der Waals surface area contributed by atoms with Crippen LogP contribution in [-0.2, 0) is 4.74 Å². The average Bonchev–Trinajstić information content (AvgIpc) is 2.28. The molecule has 0 aromatic heterocycles. The van der Waals surface area contributed by atoms with Crippen LogP contribution in [-0.4, -0.2) is 35.4 Å². The summed E-state index contributed by atoms with van der Waals surface area (Å²) in [5.74, 6) is -1.90. The molecule has 0 saturated heterocycles. The third kappa shape index (κ3) is 2.82. The minimum Gasteiger partial charge on any atom is -0.478 e. The Morgan fingerprint density at radius 2 is 1.94 bits per heavy atom. The van der Waals surface area contributed by atoms with Crippen LogP contribution < -0.4 is 0 Å². The molecule has 0 amide bonds. The zero-order valence-electron chi connectivity index (χ0n) is 9.69. The lowest BCUT2D eigenvalue weighted by atomic mass is 9.98. The fourth-order valence-corrected chi connectivity index (χ4v) is 1.48. The molecule has 0 atom stereocenters. The first kappa shape index (κ1) is 13.2. The standard InChI is InChI=1S/C12H14O5/c1-7-3-4-9(12(16)17-6-5-13)10(8(7)2)11(14)15/h3-4,13H,5-6H2,1-2H3,(H,14,15). The molecule has 0 aliphatic rings. The summed E-state index contributed by atoms with van der Waals surface area (Å²) in [4.78, 5) is 22.7. The van der Waals surface area contributed by atoms with Gasteiger partial charge in [0.25, 0.3) is 0 Å². The highest BCUT2D eigenvalue weighted by atomic mass is 16.5. The molecule has 0 fully saturated rings. The Morgan fingerprint density at radius 3 is 2.47 bits per heavy atom. The molecule has 0 radical (unpaired) electrons. The summed E-state index contributed by atoms with van der Waals surface area (Å²) in [6.45, 7) is 2.97. The van der Waals surface area contributed by atoms with E-state index in [1.807, 2.05) is 0 Å². The topological polar surface area (TPSA) is 83.8 Å². The molecule has 92 valence electrons. The normalized spacial score (nSPS) is 10.1. The lowest BCUT2D eigenvalue weighted by molar-refractivity contribution is 0.0426. The van der Waals surface area contributed by atoms with Gasteiger partial charge in [0.1, 0.15) is 6.61 Å². The van der Waals surface area contributed by atoms with E-state index in [0.29, 0.717) is 5.56 Å². The summed E-state index contributed by atoms with van der Waals surface area (Å²) in [5.41, 5.74) is 1.29. The number of hydrogen-bond acceptors (Lipinski definition) is 4. The van der Waals surface area contributed by atoms with Crippen LogP contribution in [0, 0.1) is 13.8 Å². The van der Waals surface area contributed by atoms with Crippen molar-refractivity contribution in [2.24, 2.45) is 0 Å². The number of carbonyl (C=O) groups excluding carboxylic acids is 1. The van der Waals surface area contributed by atoms with E-state index in [-0.39, 0.29) is 24.3 Å². The molecule has 0 unspecified atom stereocenters. The highest BCUT2D eigenvalue weighted by Crippen LogP contribution is 2.19. The van der Waals surface area contributed by atoms with Gasteiger partial charge in [0, 0.05) is 0 Å². The number of rotatable bonds is 4. The Labute approximate surface area is 98.6 Å². The molecule has 0 spiro atoms. The van der Waals surface area contributed by atoms with E-state index in [0.717, 1.165) is 5.56 Å². The number of aryl methyl sites for hydroxylation is 1. The van der Waals surface area contributed by atoms with E-state index in [1.165, 1.54) is 6.07 Å². The van der Waals surface area contributed by atoms with Gasteiger partial charge in [0.15, 0.2) is 0 Å². The first-order valence-electron chi connectivity index (χ1n) is 5.10. The number of aliphatic hydroxyl groups excluding tert-OH is 1. The Balaban J connectivity index is 3.20. The number of aliphatic hydroxyl groups is 1. The molecule has 17 heavy (non-hydrogen) atoms. The molecule has 5 heteroatoms. The molecule has 1 aromatic carbocycles.